The minimum absolute atomic E-state index is 0.0410. The summed E-state index contributed by atoms with van der Waals surface area (Å²) in [5, 5.41) is 31.2. The van der Waals surface area contributed by atoms with E-state index in [0.29, 0.717) is 47.2 Å². The lowest BCUT2D eigenvalue weighted by molar-refractivity contribution is -0.138. The number of carbonyl (C=O) groups is 5. The van der Waals surface area contributed by atoms with E-state index in [1.54, 1.807) is 33.1 Å². The van der Waals surface area contributed by atoms with Crippen LogP contribution in [0.3, 0.4) is 0 Å². The van der Waals surface area contributed by atoms with Crippen molar-refractivity contribution in [2.24, 2.45) is 0 Å². The van der Waals surface area contributed by atoms with E-state index >= 15 is 0 Å². The lowest BCUT2D eigenvalue weighted by atomic mass is 9.88. The van der Waals surface area contributed by atoms with Crippen LogP contribution in [0.25, 0.3) is 0 Å². The topological polar surface area (TPSA) is 232 Å². The normalized spacial score (nSPS) is 18.2. The van der Waals surface area contributed by atoms with Crippen LogP contribution >= 0.6 is 0 Å². The van der Waals surface area contributed by atoms with Gasteiger partial charge in [-0.25, -0.2) is 27.6 Å². The Morgan fingerprint density at radius 3 is 1.77 bits per heavy atom. The molecule has 3 rings (SSSR count). The Hall–Kier alpha value is -4.36. The second-order valence-corrected chi connectivity index (χ2v) is 14.3. The monoisotopic (exact) mass is 756 g/mol. The molecular weight excluding hydrogens is 704 g/mol. The minimum atomic E-state index is -3.69. The van der Waals surface area contributed by atoms with E-state index in [1.807, 2.05) is 11.9 Å². The molecule has 292 valence electrons. The number of amides is 1. The van der Waals surface area contributed by atoms with Gasteiger partial charge in [-0.15, -0.1) is 0 Å². The Balaban J connectivity index is 0.000000700. The number of methoxy groups -OCH3 is 1. The molecule has 1 saturated carbocycles. The predicted octanol–water partition coefficient (Wildman–Crippen LogP) is 1.39. The summed E-state index contributed by atoms with van der Waals surface area (Å²) in [6.45, 7) is 8.21. The number of ether oxygens (including phenoxy) is 2. The fourth-order valence-corrected chi connectivity index (χ4v) is 7.22. The second-order valence-electron chi connectivity index (χ2n) is 12.3. The Morgan fingerprint density at radius 1 is 0.846 bits per heavy atom. The molecule has 1 heterocycles. The van der Waals surface area contributed by atoms with Crippen molar-refractivity contribution in [3.8, 4) is 5.75 Å². The molecule has 0 spiro atoms. The van der Waals surface area contributed by atoms with Gasteiger partial charge in [-0.1, -0.05) is 0 Å². The van der Waals surface area contributed by atoms with Crippen LogP contribution in [0.1, 0.15) is 36.8 Å². The van der Waals surface area contributed by atoms with Gasteiger partial charge in [0.25, 0.3) is 0 Å². The number of sulfonamides is 1. The number of likely N-dealkylation sites (N-methyl/N-ethyl adjacent to an activating group) is 3. The average molecular weight is 757 g/mol. The van der Waals surface area contributed by atoms with Crippen molar-refractivity contribution in [1.82, 2.24) is 19.0 Å². The third kappa shape index (κ3) is 16.3. The van der Waals surface area contributed by atoms with Crippen LogP contribution in [0.15, 0.2) is 41.3 Å². The highest BCUT2D eigenvalue weighted by atomic mass is 32.2. The van der Waals surface area contributed by atoms with Crippen LogP contribution in [-0.4, -0.2) is 164 Å². The molecule has 52 heavy (non-hydrogen) atoms. The summed E-state index contributed by atoms with van der Waals surface area (Å²) >= 11 is 0. The number of aliphatic carboxylic acids is 4. The van der Waals surface area contributed by atoms with Gasteiger partial charge >= 0.3 is 23.9 Å². The quantitative estimate of drug-likeness (QED) is 0.155. The van der Waals surface area contributed by atoms with Crippen LogP contribution in [0.4, 0.5) is 0 Å². The lowest BCUT2D eigenvalue weighted by Crippen LogP contribution is -2.52. The lowest BCUT2D eigenvalue weighted by Gasteiger charge is -2.43. The maximum Gasteiger partial charge on any atom is 0.328 e. The van der Waals surface area contributed by atoms with Gasteiger partial charge in [0.15, 0.2) is 0 Å². The molecule has 0 aromatic heterocycles. The zero-order chi connectivity index (χ0) is 39.6. The summed E-state index contributed by atoms with van der Waals surface area (Å²) < 4.78 is 38.4. The SMILES string of the molecule is COc1cc(C)c(S(=O)(=O)N(C)CCOCC(=O)N(C)[C@@H]2CCC[C@H](N3CCN(C)CC3)C2)c(C)c1.O=C(O)/C=C/C(=O)O.O=C(O)/C=C/C(=O)O. The van der Waals surface area contributed by atoms with Gasteiger partial charge in [-0.05, 0) is 69.8 Å². The van der Waals surface area contributed by atoms with Crippen molar-refractivity contribution in [2.45, 2.75) is 56.5 Å². The first-order valence-electron chi connectivity index (χ1n) is 16.5. The van der Waals surface area contributed by atoms with Crippen LogP contribution < -0.4 is 4.74 Å². The first kappa shape index (κ1) is 45.7. The number of rotatable bonds is 14. The van der Waals surface area contributed by atoms with Crippen molar-refractivity contribution in [2.75, 3.05) is 74.2 Å². The first-order chi connectivity index (χ1) is 24.3. The highest BCUT2D eigenvalue weighted by molar-refractivity contribution is 7.89. The summed E-state index contributed by atoms with van der Waals surface area (Å²) in [4.78, 5) is 58.1. The van der Waals surface area contributed by atoms with E-state index in [1.165, 1.54) is 17.8 Å². The number of hydrogen-bond donors (Lipinski definition) is 4. The Morgan fingerprint density at radius 2 is 1.33 bits per heavy atom. The van der Waals surface area contributed by atoms with Gasteiger partial charge in [0.05, 0.1) is 18.6 Å². The van der Waals surface area contributed by atoms with Crippen LogP contribution in [0.2, 0.25) is 0 Å². The third-order valence-corrected chi connectivity index (χ3v) is 10.6. The maximum absolute atomic E-state index is 13.1. The summed E-state index contributed by atoms with van der Waals surface area (Å²) in [7, 11) is 3.45. The molecule has 0 unspecified atom stereocenters. The number of carboxylic acid groups (broad SMARTS) is 4. The summed E-state index contributed by atoms with van der Waals surface area (Å²) in [5.74, 6) is -4.45. The van der Waals surface area contributed by atoms with E-state index in [4.69, 9.17) is 29.9 Å². The molecule has 0 bridgehead atoms. The van der Waals surface area contributed by atoms with E-state index in [2.05, 4.69) is 16.8 Å². The zero-order valence-corrected chi connectivity index (χ0v) is 31.4. The molecule has 2 aliphatic rings. The van der Waals surface area contributed by atoms with Gasteiger partial charge in [-0.3, -0.25) is 9.69 Å². The van der Waals surface area contributed by atoms with E-state index in [-0.39, 0.29) is 36.6 Å². The first-order valence-corrected chi connectivity index (χ1v) is 17.9. The number of aryl methyl sites for hydroxylation is 2. The number of piperazine rings is 1. The highest BCUT2D eigenvalue weighted by Crippen LogP contribution is 2.28. The Labute approximate surface area is 304 Å². The van der Waals surface area contributed by atoms with E-state index in [0.717, 1.165) is 45.4 Å². The van der Waals surface area contributed by atoms with Gasteiger partial charge in [0.1, 0.15) is 12.4 Å². The second kappa shape index (κ2) is 22.5. The van der Waals surface area contributed by atoms with Crippen LogP contribution in [0, 0.1) is 13.8 Å². The molecule has 17 nitrogen and oxygen atoms in total. The fourth-order valence-electron chi connectivity index (χ4n) is 5.66. The number of benzene rings is 1. The van der Waals surface area contributed by atoms with Crippen molar-refractivity contribution in [3.05, 3.63) is 47.6 Å². The molecule has 2 atom stereocenters. The third-order valence-electron chi connectivity index (χ3n) is 8.47. The van der Waals surface area contributed by atoms with Gasteiger partial charge in [0, 0.05) is 83.2 Å². The summed E-state index contributed by atoms with van der Waals surface area (Å²) in [5.41, 5.74) is 1.28. The molecule has 4 N–H and O–H groups in total. The van der Waals surface area contributed by atoms with Crippen molar-refractivity contribution in [1.29, 1.82) is 0 Å². The van der Waals surface area contributed by atoms with E-state index < -0.39 is 33.9 Å². The molecule has 1 saturated heterocycles. The highest BCUT2D eigenvalue weighted by Gasteiger charge is 2.32. The standard InChI is InChI=1S/C26H44N4O5S.2C4H4O4/c1-20-16-24(34-6)17-21(2)26(20)36(32,33)28(4)14-15-35-19-25(31)29(5)22-8-7-9-23(18-22)30-12-10-27(3)11-13-30;2*5-3(6)1-2-4(7)8/h16-17,22-23H,7-15,18-19H2,1-6H3;2*1-2H,(H,5,6)(H,7,8)/b;2*2-1+/t22-,23+;;/m1../s1. The average Bonchev–Trinajstić information content (AvgIpc) is 3.08. The molecule has 2 fully saturated rings. The van der Waals surface area contributed by atoms with E-state index in [9.17, 15) is 32.4 Å². The van der Waals surface area contributed by atoms with Crippen molar-refractivity contribution < 1.29 is 62.3 Å². The van der Waals surface area contributed by atoms with Crippen LogP contribution in [-0.2, 0) is 38.7 Å². The zero-order valence-electron chi connectivity index (χ0n) is 30.6. The molecule has 1 aromatic rings. The largest absolute Gasteiger partial charge is 0.497 e. The number of carbonyl (C=O) groups excluding carboxylic acids is 1. The molecule has 1 aliphatic heterocycles. The Kier molecular flexibility index (Phi) is 19.8. The minimum Gasteiger partial charge on any atom is -0.497 e. The molecular formula is C34H52N4O13S. The van der Waals surface area contributed by atoms with Crippen molar-refractivity contribution >= 4 is 39.8 Å². The number of carboxylic acids is 4. The molecule has 1 amide bonds. The summed E-state index contributed by atoms with van der Waals surface area (Å²) in [6, 6.07) is 4.21. The van der Waals surface area contributed by atoms with Crippen LogP contribution in [0.5, 0.6) is 5.75 Å². The van der Waals surface area contributed by atoms with Gasteiger partial charge in [-0.2, -0.15) is 4.31 Å². The van der Waals surface area contributed by atoms with Gasteiger partial charge < -0.3 is 39.7 Å². The fraction of sp³-hybridized carbons (Fsp3) is 0.559. The number of nitrogens with zero attached hydrogens (tertiary/aromatic N) is 4. The predicted molar refractivity (Wildman–Crippen MR) is 190 cm³/mol. The van der Waals surface area contributed by atoms with Crippen molar-refractivity contribution in [3.63, 3.8) is 0 Å². The Bertz CT molecular complexity index is 1450. The molecule has 1 aliphatic carbocycles. The maximum atomic E-state index is 13.1. The number of hydrogen-bond acceptors (Lipinski definition) is 11. The molecule has 1 aromatic carbocycles. The summed E-state index contributed by atoms with van der Waals surface area (Å²) in [6.07, 6.45) is 6.59. The van der Waals surface area contributed by atoms with Gasteiger partial charge in [0.2, 0.25) is 15.9 Å². The molecule has 18 heteroatoms. The smallest absolute Gasteiger partial charge is 0.328 e. The molecule has 0 radical (unpaired) electrons.